The maximum Gasteiger partial charge on any atom is 0.573 e. The lowest BCUT2D eigenvalue weighted by atomic mass is 10.0. The highest BCUT2D eigenvalue weighted by Gasteiger charge is 2.31. The molecule has 0 spiro atoms. The van der Waals surface area contributed by atoms with Crippen LogP contribution in [0.3, 0.4) is 0 Å². The molecule has 24 heavy (non-hydrogen) atoms. The van der Waals surface area contributed by atoms with E-state index in [2.05, 4.69) is 4.74 Å². The molecule has 0 aliphatic carbocycles. The number of aryl methyl sites for hydroxylation is 1. The van der Waals surface area contributed by atoms with Crippen LogP contribution < -0.4 is 4.74 Å². The Hall–Kier alpha value is -3.07. The molecule has 2 aromatic carbocycles. The third-order valence-electron chi connectivity index (χ3n) is 3.10. The molecule has 122 valence electrons. The first-order chi connectivity index (χ1) is 11.3. The van der Waals surface area contributed by atoms with Gasteiger partial charge < -0.3 is 4.74 Å². The summed E-state index contributed by atoms with van der Waals surface area (Å²) in [6.07, 6.45) is -3.36. The number of carbonyl (C=O) groups is 1. The first-order valence-electron chi connectivity index (χ1n) is 6.87. The van der Waals surface area contributed by atoms with Crippen LogP contribution in [0.5, 0.6) is 5.75 Å². The van der Waals surface area contributed by atoms with E-state index in [1.807, 2.05) is 25.1 Å². The van der Waals surface area contributed by atoms with Gasteiger partial charge in [0, 0.05) is 5.56 Å². The molecule has 6 heteroatoms. The first-order valence-corrected chi connectivity index (χ1v) is 6.87. The number of halogens is 3. The molecule has 0 aliphatic heterocycles. The maximum atomic E-state index is 12.3. The molecule has 0 saturated heterocycles. The Morgan fingerprint density at radius 1 is 1.08 bits per heavy atom. The van der Waals surface area contributed by atoms with Gasteiger partial charge in [0.1, 0.15) is 17.4 Å². The van der Waals surface area contributed by atoms with Gasteiger partial charge in [0.05, 0.1) is 0 Å². The molecule has 0 radical (unpaired) electrons. The van der Waals surface area contributed by atoms with Crippen LogP contribution in [0.4, 0.5) is 13.2 Å². The summed E-state index contributed by atoms with van der Waals surface area (Å²) in [6.45, 7) is 1.91. The number of hydrogen-bond acceptors (Lipinski definition) is 3. The fraction of sp³-hybridized carbons (Fsp3) is 0.111. The standard InChI is InChI=1S/C18H12F3NO2/c1-12-2-4-13(5-3-12)10-15(11-22)17(23)14-6-8-16(9-7-14)24-18(19,20)21/h2-10H,1H3. The number of alkyl halides is 3. The van der Waals surface area contributed by atoms with Gasteiger partial charge in [-0.15, -0.1) is 13.2 Å². The molecule has 0 amide bonds. The van der Waals surface area contributed by atoms with Gasteiger partial charge in [-0.3, -0.25) is 4.79 Å². The smallest absolute Gasteiger partial charge is 0.406 e. The minimum atomic E-state index is -4.80. The molecular weight excluding hydrogens is 319 g/mol. The van der Waals surface area contributed by atoms with Crippen molar-refractivity contribution in [3.8, 4) is 11.8 Å². The molecule has 0 N–H and O–H groups in total. The van der Waals surface area contributed by atoms with Crippen LogP contribution in [0.25, 0.3) is 6.08 Å². The molecule has 0 unspecified atom stereocenters. The lowest BCUT2D eigenvalue weighted by Crippen LogP contribution is -2.17. The second-order valence-electron chi connectivity index (χ2n) is 4.98. The predicted molar refractivity (Wildman–Crippen MR) is 82.2 cm³/mol. The highest BCUT2D eigenvalue weighted by atomic mass is 19.4. The molecule has 0 bridgehead atoms. The highest BCUT2D eigenvalue weighted by Crippen LogP contribution is 2.23. The SMILES string of the molecule is Cc1ccc(C=C(C#N)C(=O)c2ccc(OC(F)(F)F)cc2)cc1. The summed E-state index contributed by atoms with van der Waals surface area (Å²) in [7, 11) is 0. The molecule has 0 heterocycles. The lowest BCUT2D eigenvalue weighted by Gasteiger charge is -2.08. The zero-order chi connectivity index (χ0) is 17.7. The number of benzene rings is 2. The average Bonchev–Trinajstić information content (AvgIpc) is 2.53. The van der Waals surface area contributed by atoms with Crippen molar-refractivity contribution >= 4 is 11.9 Å². The number of nitrogens with zero attached hydrogens (tertiary/aromatic N) is 1. The van der Waals surface area contributed by atoms with Gasteiger partial charge in [0.25, 0.3) is 0 Å². The lowest BCUT2D eigenvalue weighted by molar-refractivity contribution is -0.274. The minimum Gasteiger partial charge on any atom is -0.406 e. The van der Waals surface area contributed by atoms with Crippen LogP contribution >= 0.6 is 0 Å². The van der Waals surface area contributed by atoms with E-state index in [4.69, 9.17) is 5.26 Å². The van der Waals surface area contributed by atoms with E-state index < -0.39 is 17.9 Å². The Balaban J connectivity index is 2.22. The van der Waals surface area contributed by atoms with Crippen LogP contribution in [0.2, 0.25) is 0 Å². The summed E-state index contributed by atoms with van der Waals surface area (Å²) in [5.41, 5.74) is 1.72. The van der Waals surface area contributed by atoms with Crippen molar-refractivity contribution in [3.05, 3.63) is 70.8 Å². The first kappa shape index (κ1) is 17.3. The Morgan fingerprint density at radius 3 is 2.17 bits per heavy atom. The summed E-state index contributed by atoms with van der Waals surface area (Å²) in [5, 5.41) is 9.17. The summed E-state index contributed by atoms with van der Waals surface area (Å²) < 4.78 is 40.1. The molecule has 0 aliphatic rings. The zero-order valence-electron chi connectivity index (χ0n) is 12.6. The van der Waals surface area contributed by atoms with Crippen molar-refractivity contribution in [1.82, 2.24) is 0 Å². The van der Waals surface area contributed by atoms with Gasteiger partial charge >= 0.3 is 6.36 Å². The number of carbonyl (C=O) groups excluding carboxylic acids is 1. The van der Waals surface area contributed by atoms with Crippen molar-refractivity contribution in [2.75, 3.05) is 0 Å². The molecule has 0 atom stereocenters. The summed E-state index contributed by atoms with van der Waals surface area (Å²) in [4.78, 5) is 12.3. The number of ketones is 1. The third kappa shape index (κ3) is 4.71. The number of allylic oxidation sites excluding steroid dienone is 1. The van der Waals surface area contributed by atoms with Crippen LogP contribution in [0.15, 0.2) is 54.1 Å². The van der Waals surface area contributed by atoms with E-state index in [1.54, 1.807) is 12.1 Å². The normalized spacial score (nSPS) is 11.7. The second-order valence-corrected chi connectivity index (χ2v) is 4.98. The Labute approximate surface area is 136 Å². The van der Waals surface area contributed by atoms with Crippen LogP contribution in [-0.4, -0.2) is 12.1 Å². The number of Topliss-reactive ketones (excluding diaryl/α,β-unsaturated/α-hetero) is 1. The number of ether oxygens (including phenoxy) is 1. The Kier molecular flexibility index (Phi) is 5.05. The summed E-state index contributed by atoms with van der Waals surface area (Å²) in [6, 6.07) is 13.5. The fourth-order valence-corrected chi connectivity index (χ4v) is 1.94. The molecule has 2 rings (SSSR count). The molecule has 0 fully saturated rings. The van der Waals surface area contributed by atoms with Gasteiger partial charge in [0.15, 0.2) is 0 Å². The quantitative estimate of drug-likeness (QED) is 0.464. The highest BCUT2D eigenvalue weighted by molar-refractivity contribution is 6.14. The largest absolute Gasteiger partial charge is 0.573 e. The van der Waals surface area contributed by atoms with Crippen molar-refractivity contribution in [2.24, 2.45) is 0 Å². The summed E-state index contributed by atoms with van der Waals surface area (Å²) >= 11 is 0. The minimum absolute atomic E-state index is 0.101. The third-order valence-corrected chi connectivity index (χ3v) is 3.10. The molecular formula is C18H12F3NO2. The van der Waals surface area contributed by atoms with Crippen LogP contribution in [0.1, 0.15) is 21.5 Å². The molecule has 3 nitrogen and oxygen atoms in total. The van der Waals surface area contributed by atoms with E-state index in [0.717, 1.165) is 17.7 Å². The van der Waals surface area contributed by atoms with Gasteiger partial charge in [-0.2, -0.15) is 5.26 Å². The van der Waals surface area contributed by atoms with Crippen molar-refractivity contribution in [3.63, 3.8) is 0 Å². The summed E-state index contributed by atoms with van der Waals surface area (Å²) in [5.74, 6) is -1.00. The van der Waals surface area contributed by atoms with E-state index in [-0.39, 0.29) is 11.1 Å². The van der Waals surface area contributed by atoms with E-state index in [1.165, 1.54) is 18.2 Å². The zero-order valence-corrected chi connectivity index (χ0v) is 12.6. The van der Waals surface area contributed by atoms with Crippen molar-refractivity contribution in [1.29, 1.82) is 5.26 Å². The number of hydrogen-bond donors (Lipinski definition) is 0. The average molecular weight is 331 g/mol. The Morgan fingerprint density at radius 2 is 1.67 bits per heavy atom. The van der Waals surface area contributed by atoms with Crippen LogP contribution in [0, 0.1) is 18.3 Å². The van der Waals surface area contributed by atoms with Crippen molar-refractivity contribution < 1.29 is 22.7 Å². The second kappa shape index (κ2) is 7.01. The van der Waals surface area contributed by atoms with Gasteiger partial charge in [-0.05, 0) is 42.8 Å². The van der Waals surface area contributed by atoms with E-state index in [9.17, 15) is 18.0 Å². The van der Waals surface area contributed by atoms with Gasteiger partial charge in [0.2, 0.25) is 5.78 Å². The topological polar surface area (TPSA) is 50.1 Å². The fourth-order valence-electron chi connectivity index (χ4n) is 1.94. The van der Waals surface area contributed by atoms with Gasteiger partial charge in [-0.1, -0.05) is 29.8 Å². The van der Waals surface area contributed by atoms with Crippen molar-refractivity contribution in [2.45, 2.75) is 13.3 Å². The predicted octanol–water partition coefficient (Wildman–Crippen LogP) is 4.68. The molecule has 0 aromatic heterocycles. The van der Waals surface area contributed by atoms with Crippen LogP contribution in [-0.2, 0) is 0 Å². The van der Waals surface area contributed by atoms with Gasteiger partial charge in [-0.25, -0.2) is 0 Å². The monoisotopic (exact) mass is 331 g/mol. The number of nitriles is 1. The van der Waals surface area contributed by atoms with E-state index in [0.29, 0.717) is 5.56 Å². The molecule has 2 aromatic rings. The number of rotatable bonds is 4. The Bertz CT molecular complexity index is 798. The maximum absolute atomic E-state index is 12.3. The molecule has 0 saturated carbocycles. The van der Waals surface area contributed by atoms with E-state index >= 15 is 0 Å².